The molecule has 0 saturated heterocycles. The van der Waals surface area contributed by atoms with Gasteiger partial charge in [-0.25, -0.2) is 0 Å². The normalized spacial score (nSPS) is 15.0. The van der Waals surface area contributed by atoms with Gasteiger partial charge in [-0.1, -0.05) is 29.5 Å². The Labute approximate surface area is 111 Å². The van der Waals surface area contributed by atoms with Crippen molar-refractivity contribution in [3.05, 3.63) is 34.3 Å². The van der Waals surface area contributed by atoms with Gasteiger partial charge in [0.2, 0.25) is 0 Å². The van der Waals surface area contributed by atoms with E-state index < -0.39 is 0 Å². The molecule has 0 atom stereocenters. The summed E-state index contributed by atoms with van der Waals surface area (Å²) in [4.78, 5) is 0. The van der Waals surface area contributed by atoms with Gasteiger partial charge < -0.3 is 5.32 Å². The summed E-state index contributed by atoms with van der Waals surface area (Å²) in [5.74, 6) is 0. The van der Waals surface area contributed by atoms with E-state index in [1.165, 1.54) is 29.5 Å². The van der Waals surface area contributed by atoms with Crippen LogP contribution in [0.1, 0.15) is 29.0 Å². The molecule has 3 nitrogen and oxygen atoms in total. The predicted octanol–water partition coefficient (Wildman–Crippen LogP) is 3.07. The fourth-order valence-electron chi connectivity index (χ4n) is 1.94. The number of hydrogen-bond donors (Lipinski definition) is 1. The molecular weight excluding hydrogens is 242 g/mol. The summed E-state index contributed by atoms with van der Waals surface area (Å²) in [7, 11) is 0. The Balaban J connectivity index is 1.80. The van der Waals surface area contributed by atoms with Crippen molar-refractivity contribution in [2.75, 3.05) is 0 Å². The Morgan fingerprint density at radius 2 is 2.11 bits per heavy atom. The SMILES string of the molecule is Cc1cccc(-c2nnc(CNC3CC3)s2)c1C. The van der Waals surface area contributed by atoms with Gasteiger partial charge in [-0.2, -0.15) is 0 Å². The van der Waals surface area contributed by atoms with E-state index in [1.807, 2.05) is 0 Å². The maximum Gasteiger partial charge on any atom is 0.148 e. The molecule has 1 aromatic heterocycles. The smallest absolute Gasteiger partial charge is 0.148 e. The zero-order valence-electron chi connectivity index (χ0n) is 10.7. The van der Waals surface area contributed by atoms with Crippen molar-refractivity contribution in [3.8, 4) is 10.6 Å². The lowest BCUT2D eigenvalue weighted by atomic mass is 10.0. The van der Waals surface area contributed by atoms with E-state index in [-0.39, 0.29) is 0 Å². The second-order valence-corrected chi connectivity index (χ2v) is 5.97. The lowest BCUT2D eigenvalue weighted by molar-refractivity contribution is 0.679. The monoisotopic (exact) mass is 259 g/mol. The van der Waals surface area contributed by atoms with E-state index >= 15 is 0 Å². The third-order valence-corrected chi connectivity index (χ3v) is 4.38. The van der Waals surface area contributed by atoms with Crippen molar-refractivity contribution in [3.63, 3.8) is 0 Å². The van der Waals surface area contributed by atoms with E-state index in [4.69, 9.17) is 0 Å². The molecule has 0 spiro atoms. The average molecular weight is 259 g/mol. The lowest BCUT2D eigenvalue weighted by Crippen LogP contribution is -2.14. The van der Waals surface area contributed by atoms with Crippen molar-refractivity contribution in [2.45, 2.75) is 39.3 Å². The van der Waals surface area contributed by atoms with Gasteiger partial charge in [-0.15, -0.1) is 10.2 Å². The number of benzene rings is 1. The van der Waals surface area contributed by atoms with Gasteiger partial charge in [-0.05, 0) is 37.8 Å². The Hall–Kier alpha value is -1.26. The molecule has 0 amide bonds. The molecule has 18 heavy (non-hydrogen) atoms. The third kappa shape index (κ3) is 2.44. The molecule has 0 radical (unpaired) electrons. The molecule has 2 aromatic rings. The second kappa shape index (κ2) is 4.78. The molecule has 0 bridgehead atoms. The first-order valence-electron chi connectivity index (χ1n) is 6.36. The van der Waals surface area contributed by atoms with Gasteiger partial charge >= 0.3 is 0 Å². The molecule has 1 fully saturated rings. The summed E-state index contributed by atoms with van der Waals surface area (Å²) in [5, 5.41) is 14.2. The molecular formula is C14H17N3S. The first-order valence-corrected chi connectivity index (χ1v) is 7.18. The summed E-state index contributed by atoms with van der Waals surface area (Å²) in [5.41, 5.74) is 3.82. The van der Waals surface area contributed by atoms with Gasteiger partial charge in [0.15, 0.2) is 0 Å². The molecule has 1 aliphatic carbocycles. The van der Waals surface area contributed by atoms with Crippen LogP contribution in [0.3, 0.4) is 0 Å². The largest absolute Gasteiger partial charge is 0.308 e. The standard InChI is InChI=1S/C14H17N3S/c1-9-4-3-5-12(10(9)2)14-17-16-13(18-14)8-15-11-6-7-11/h3-5,11,15H,6-8H2,1-2H3. The highest BCUT2D eigenvalue weighted by Crippen LogP contribution is 2.28. The van der Waals surface area contributed by atoms with Crippen molar-refractivity contribution in [1.29, 1.82) is 0 Å². The maximum atomic E-state index is 4.32. The fraction of sp³-hybridized carbons (Fsp3) is 0.429. The van der Waals surface area contributed by atoms with Crippen LogP contribution in [0.5, 0.6) is 0 Å². The van der Waals surface area contributed by atoms with Crippen LogP contribution >= 0.6 is 11.3 Å². The van der Waals surface area contributed by atoms with Crippen molar-refractivity contribution < 1.29 is 0 Å². The first kappa shape index (κ1) is 11.8. The van der Waals surface area contributed by atoms with Crippen LogP contribution in [0.4, 0.5) is 0 Å². The minimum Gasteiger partial charge on any atom is -0.308 e. The van der Waals surface area contributed by atoms with Crippen LogP contribution in [0, 0.1) is 13.8 Å². The molecule has 1 saturated carbocycles. The molecule has 3 rings (SSSR count). The van der Waals surface area contributed by atoms with Crippen LogP contribution < -0.4 is 5.32 Å². The average Bonchev–Trinajstić information content (AvgIpc) is 3.08. The lowest BCUT2D eigenvalue weighted by Gasteiger charge is -2.04. The zero-order valence-corrected chi connectivity index (χ0v) is 11.5. The Morgan fingerprint density at radius 1 is 1.28 bits per heavy atom. The van der Waals surface area contributed by atoms with Crippen LogP contribution in [-0.4, -0.2) is 16.2 Å². The number of aromatic nitrogens is 2. The fourth-order valence-corrected chi connectivity index (χ4v) is 2.81. The molecule has 4 heteroatoms. The highest BCUT2D eigenvalue weighted by Gasteiger charge is 2.20. The summed E-state index contributed by atoms with van der Waals surface area (Å²) < 4.78 is 0. The minimum absolute atomic E-state index is 0.720. The van der Waals surface area contributed by atoms with E-state index in [0.717, 1.165) is 22.6 Å². The molecule has 1 aromatic carbocycles. The van der Waals surface area contributed by atoms with Crippen LogP contribution in [0.15, 0.2) is 18.2 Å². The number of hydrogen-bond acceptors (Lipinski definition) is 4. The molecule has 1 N–H and O–H groups in total. The van der Waals surface area contributed by atoms with Gasteiger partial charge in [0, 0.05) is 18.2 Å². The van der Waals surface area contributed by atoms with E-state index in [9.17, 15) is 0 Å². The zero-order chi connectivity index (χ0) is 12.5. The molecule has 0 unspecified atom stereocenters. The number of nitrogens with zero attached hydrogens (tertiary/aromatic N) is 2. The van der Waals surface area contributed by atoms with Crippen molar-refractivity contribution in [1.82, 2.24) is 15.5 Å². The van der Waals surface area contributed by atoms with Gasteiger partial charge in [0.05, 0.1) is 0 Å². The summed E-state index contributed by atoms with van der Waals surface area (Å²) in [6.07, 6.45) is 2.62. The van der Waals surface area contributed by atoms with Gasteiger partial charge in [-0.3, -0.25) is 0 Å². The van der Waals surface area contributed by atoms with Crippen molar-refractivity contribution >= 4 is 11.3 Å². The molecule has 1 heterocycles. The quantitative estimate of drug-likeness (QED) is 0.917. The number of aryl methyl sites for hydroxylation is 1. The van der Waals surface area contributed by atoms with Crippen LogP contribution in [0.2, 0.25) is 0 Å². The Morgan fingerprint density at radius 3 is 2.89 bits per heavy atom. The van der Waals surface area contributed by atoms with Gasteiger partial charge in [0.25, 0.3) is 0 Å². The van der Waals surface area contributed by atoms with Gasteiger partial charge in [0.1, 0.15) is 10.0 Å². The Kier molecular flexibility index (Phi) is 3.14. The topological polar surface area (TPSA) is 37.8 Å². The van der Waals surface area contributed by atoms with Crippen LogP contribution in [-0.2, 0) is 6.54 Å². The minimum atomic E-state index is 0.720. The number of nitrogens with one attached hydrogen (secondary N) is 1. The van der Waals surface area contributed by atoms with Crippen molar-refractivity contribution in [2.24, 2.45) is 0 Å². The van der Waals surface area contributed by atoms with E-state index in [2.05, 4.69) is 47.6 Å². The summed E-state index contributed by atoms with van der Waals surface area (Å²) in [6, 6.07) is 7.07. The maximum absolute atomic E-state index is 4.32. The second-order valence-electron chi connectivity index (χ2n) is 4.90. The molecule has 1 aliphatic rings. The highest BCUT2D eigenvalue weighted by molar-refractivity contribution is 7.14. The first-order chi connectivity index (χ1) is 8.74. The van der Waals surface area contributed by atoms with E-state index in [1.54, 1.807) is 11.3 Å². The summed E-state index contributed by atoms with van der Waals surface area (Å²) in [6.45, 7) is 5.14. The van der Waals surface area contributed by atoms with E-state index in [0.29, 0.717) is 0 Å². The molecule has 0 aliphatic heterocycles. The Bertz CT molecular complexity index is 558. The predicted molar refractivity (Wildman–Crippen MR) is 74.7 cm³/mol. The van der Waals surface area contributed by atoms with Crippen LogP contribution in [0.25, 0.3) is 10.6 Å². The highest BCUT2D eigenvalue weighted by atomic mass is 32.1. The number of rotatable bonds is 4. The third-order valence-electron chi connectivity index (χ3n) is 3.42. The molecule has 94 valence electrons. The summed E-state index contributed by atoms with van der Waals surface area (Å²) >= 11 is 1.69.